The molecule has 0 radical (unpaired) electrons. The molecule has 0 amide bonds. The Labute approximate surface area is 162 Å². The van der Waals surface area contributed by atoms with E-state index in [0.717, 1.165) is 34.1 Å². The normalized spacial score (nSPS) is 21.2. The number of rotatable bonds is 3. The summed E-state index contributed by atoms with van der Waals surface area (Å²) in [4.78, 5) is 22.0. The van der Waals surface area contributed by atoms with Crippen LogP contribution in [0.1, 0.15) is 25.7 Å². The van der Waals surface area contributed by atoms with Crippen molar-refractivity contribution in [2.75, 3.05) is 31.1 Å². The van der Waals surface area contributed by atoms with Gasteiger partial charge in [-0.15, -0.1) is 0 Å². The van der Waals surface area contributed by atoms with Crippen molar-refractivity contribution in [2.24, 2.45) is 0 Å². The Balaban J connectivity index is 1.39. The number of piperidine rings is 1. The summed E-state index contributed by atoms with van der Waals surface area (Å²) in [5, 5.41) is 5.27. The van der Waals surface area contributed by atoms with Crippen LogP contribution in [0.4, 0.5) is 5.13 Å². The maximum atomic E-state index is 12.0. The van der Waals surface area contributed by atoms with E-state index in [2.05, 4.69) is 14.9 Å². The van der Waals surface area contributed by atoms with E-state index in [9.17, 15) is 4.79 Å². The molecule has 1 aromatic carbocycles. The van der Waals surface area contributed by atoms with Crippen molar-refractivity contribution in [1.29, 1.82) is 0 Å². The van der Waals surface area contributed by atoms with E-state index in [-0.39, 0.29) is 5.56 Å². The quantitative estimate of drug-likeness (QED) is 0.698. The first-order valence-corrected chi connectivity index (χ1v) is 10.5. The van der Waals surface area contributed by atoms with E-state index in [1.165, 1.54) is 49.5 Å². The van der Waals surface area contributed by atoms with Crippen molar-refractivity contribution in [2.45, 2.75) is 31.7 Å². The van der Waals surface area contributed by atoms with E-state index in [0.29, 0.717) is 6.04 Å². The highest BCUT2D eigenvalue weighted by molar-refractivity contribution is 7.22. The summed E-state index contributed by atoms with van der Waals surface area (Å²) in [6.45, 7) is 4.65. The van der Waals surface area contributed by atoms with Gasteiger partial charge in [-0.1, -0.05) is 17.8 Å². The van der Waals surface area contributed by atoms with Gasteiger partial charge in [0.2, 0.25) is 0 Å². The van der Waals surface area contributed by atoms with Gasteiger partial charge >= 0.3 is 0 Å². The maximum absolute atomic E-state index is 12.0. The standard InChI is InChI=1S/C20H23N5OS/c26-19-5-4-9-21-25(19)15-6-7-17-18(13-15)27-20(22-17)24-12-8-16(14-24)23-10-2-1-3-11-23/h4-7,9,13,16H,1-3,8,10-12,14H2/t16-/m1/s1. The molecule has 0 aliphatic carbocycles. The molecule has 27 heavy (non-hydrogen) atoms. The van der Waals surface area contributed by atoms with Gasteiger partial charge in [0.1, 0.15) is 0 Å². The van der Waals surface area contributed by atoms with Crippen LogP contribution in [-0.2, 0) is 0 Å². The third-order valence-corrected chi connectivity index (χ3v) is 6.74. The third kappa shape index (κ3) is 3.26. The molecular formula is C20H23N5OS. The van der Waals surface area contributed by atoms with Gasteiger partial charge in [-0.25, -0.2) is 4.98 Å². The minimum absolute atomic E-state index is 0.120. The lowest BCUT2D eigenvalue weighted by Gasteiger charge is -2.32. The Hall–Kier alpha value is -2.25. The molecule has 1 atom stereocenters. The molecule has 5 rings (SSSR count). The molecule has 2 aromatic heterocycles. The van der Waals surface area contributed by atoms with E-state index in [4.69, 9.17) is 4.98 Å². The summed E-state index contributed by atoms with van der Waals surface area (Å²) >= 11 is 1.71. The minimum atomic E-state index is -0.120. The molecule has 0 spiro atoms. The smallest absolute Gasteiger partial charge is 0.271 e. The van der Waals surface area contributed by atoms with E-state index in [1.54, 1.807) is 23.6 Å². The van der Waals surface area contributed by atoms with Crippen LogP contribution < -0.4 is 10.5 Å². The molecular weight excluding hydrogens is 358 g/mol. The maximum Gasteiger partial charge on any atom is 0.271 e. The number of hydrogen-bond acceptors (Lipinski definition) is 6. The summed E-state index contributed by atoms with van der Waals surface area (Å²) in [5.74, 6) is 0. The van der Waals surface area contributed by atoms with Crippen LogP contribution in [0.2, 0.25) is 0 Å². The van der Waals surface area contributed by atoms with Gasteiger partial charge < -0.3 is 4.90 Å². The number of likely N-dealkylation sites (tertiary alicyclic amines) is 1. The number of fused-ring (bicyclic) bond motifs is 1. The second-order valence-corrected chi connectivity index (χ2v) is 8.42. The van der Waals surface area contributed by atoms with Gasteiger partial charge in [0.15, 0.2) is 5.13 Å². The summed E-state index contributed by atoms with van der Waals surface area (Å²) < 4.78 is 2.53. The Morgan fingerprint density at radius 1 is 1.07 bits per heavy atom. The van der Waals surface area contributed by atoms with E-state index < -0.39 is 0 Å². The van der Waals surface area contributed by atoms with Crippen LogP contribution in [0.3, 0.4) is 0 Å². The zero-order valence-corrected chi connectivity index (χ0v) is 16.1. The van der Waals surface area contributed by atoms with Crippen LogP contribution in [0.25, 0.3) is 15.9 Å². The number of anilines is 1. The highest BCUT2D eigenvalue weighted by atomic mass is 32.1. The second-order valence-electron chi connectivity index (χ2n) is 7.41. The predicted molar refractivity (Wildman–Crippen MR) is 109 cm³/mol. The SMILES string of the molecule is O=c1cccnn1-c1ccc2nc(N3CC[C@@H](N4CCCCC4)C3)sc2c1. The fourth-order valence-electron chi connectivity index (χ4n) is 4.22. The lowest BCUT2D eigenvalue weighted by atomic mass is 10.1. The van der Waals surface area contributed by atoms with Gasteiger partial charge in [-0.2, -0.15) is 9.78 Å². The average Bonchev–Trinajstić information content (AvgIpc) is 3.35. The van der Waals surface area contributed by atoms with Crippen molar-refractivity contribution < 1.29 is 0 Å². The molecule has 0 saturated carbocycles. The summed E-state index contributed by atoms with van der Waals surface area (Å²) in [6.07, 6.45) is 6.92. The van der Waals surface area contributed by atoms with Gasteiger partial charge in [0, 0.05) is 31.4 Å². The zero-order chi connectivity index (χ0) is 18.2. The first-order valence-electron chi connectivity index (χ1n) is 9.72. The van der Waals surface area contributed by atoms with Crippen molar-refractivity contribution in [3.63, 3.8) is 0 Å². The van der Waals surface area contributed by atoms with Crippen molar-refractivity contribution in [1.82, 2.24) is 19.7 Å². The Bertz CT molecular complexity index is 1010. The lowest BCUT2D eigenvalue weighted by Crippen LogP contribution is -2.40. The highest BCUT2D eigenvalue weighted by Gasteiger charge is 2.29. The third-order valence-electron chi connectivity index (χ3n) is 5.66. The van der Waals surface area contributed by atoms with Crippen molar-refractivity contribution >= 4 is 26.7 Å². The first-order chi connectivity index (χ1) is 13.3. The molecule has 4 heterocycles. The topological polar surface area (TPSA) is 54.3 Å². The highest BCUT2D eigenvalue weighted by Crippen LogP contribution is 2.33. The van der Waals surface area contributed by atoms with Gasteiger partial charge in [-0.3, -0.25) is 9.69 Å². The predicted octanol–water partition coefficient (Wildman–Crippen LogP) is 2.91. The number of thiazole rings is 1. The van der Waals surface area contributed by atoms with Crippen LogP contribution in [0.5, 0.6) is 0 Å². The fraction of sp³-hybridized carbons (Fsp3) is 0.450. The van der Waals surface area contributed by atoms with Crippen LogP contribution in [0.15, 0.2) is 41.3 Å². The van der Waals surface area contributed by atoms with Crippen molar-refractivity contribution in [3.05, 3.63) is 46.9 Å². The van der Waals surface area contributed by atoms with Gasteiger partial charge in [-0.05, 0) is 56.6 Å². The fourth-order valence-corrected chi connectivity index (χ4v) is 5.25. The van der Waals surface area contributed by atoms with Gasteiger partial charge in [0.05, 0.1) is 15.9 Å². The molecule has 140 valence electrons. The average molecular weight is 382 g/mol. The second kappa shape index (κ2) is 7.05. The zero-order valence-electron chi connectivity index (χ0n) is 15.3. The largest absolute Gasteiger partial charge is 0.346 e. The first kappa shape index (κ1) is 16.9. The van der Waals surface area contributed by atoms with Crippen LogP contribution in [0, 0.1) is 0 Å². The molecule has 3 aromatic rings. The molecule has 0 unspecified atom stereocenters. The van der Waals surface area contributed by atoms with Crippen molar-refractivity contribution in [3.8, 4) is 5.69 Å². The van der Waals surface area contributed by atoms with E-state index >= 15 is 0 Å². The molecule has 7 heteroatoms. The molecule has 2 fully saturated rings. The Morgan fingerprint density at radius 3 is 2.81 bits per heavy atom. The molecule has 2 saturated heterocycles. The minimum Gasteiger partial charge on any atom is -0.346 e. The Morgan fingerprint density at radius 2 is 1.96 bits per heavy atom. The Kier molecular flexibility index (Phi) is 4.41. The number of aromatic nitrogens is 3. The molecule has 6 nitrogen and oxygen atoms in total. The molecule has 2 aliphatic rings. The van der Waals surface area contributed by atoms with Gasteiger partial charge in [0.25, 0.3) is 5.56 Å². The van der Waals surface area contributed by atoms with Crippen LogP contribution in [-0.4, -0.2) is 51.9 Å². The molecule has 0 bridgehead atoms. The number of benzene rings is 1. The van der Waals surface area contributed by atoms with E-state index in [1.807, 2.05) is 18.2 Å². The lowest BCUT2D eigenvalue weighted by molar-refractivity contribution is 0.175. The number of nitrogens with zero attached hydrogens (tertiary/aromatic N) is 5. The monoisotopic (exact) mass is 381 g/mol. The van der Waals surface area contributed by atoms with Crippen LogP contribution >= 0.6 is 11.3 Å². The molecule has 2 aliphatic heterocycles. The summed E-state index contributed by atoms with van der Waals surface area (Å²) in [5.41, 5.74) is 1.66. The summed E-state index contributed by atoms with van der Waals surface area (Å²) in [7, 11) is 0. The molecule has 0 N–H and O–H groups in total. The number of hydrogen-bond donors (Lipinski definition) is 0. The summed E-state index contributed by atoms with van der Waals surface area (Å²) in [6, 6.07) is 9.78.